The molecule has 0 aromatic heterocycles. The third-order valence-corrected chi connectivity index (χ3v) is 4.50. The number of nitriles is 1. The van der Waals surface area contributed by atoms with Crippen LogP contribution in [0, 0.1) is 28.6 Å². The first-order valence-corrected chi connectivity index (χ1v) is 7.17. The first-order valence-electron chi connectivity index (χ1n) is 7.17. The molecule has 2 fully saturated rings. The summed E-state index contributed by atoms with van der Waals surface area (Å²) in [6, 6.07) is 2.62. The highest BCUT2D eigenvalue weighted by molar-refractivity contribution is 5.03. The Morgan fingerprint density at radius 1 is 1.00 bits per heavy atom. The molecule has 2 aliphatic rings. The standard InChI is InChI=1S/C13H21N.C2H6/c1-13(10-14)9-5-4-7-11-6-2-3-8-12(11)13;1-2/h11-12H,2-9H2,1H3;1-2H3. The van der Waals surface area contributed by atoms with Gasteiger partial charge in [0, 0.05) is 0 Å². The van der Waals surface area contributed by atoms with Crippen molar-refractivity contribution in [3.63, 3.8) is 0 Å². The molecule has 3 unspecified atom stereocenters. The van der Waals surface area contributed by atoms with Crippen molar-refractivity contribution in [3.8, 4) is 6.07 Å². The second-order valence-corrected chi connectivity index (χ2v) is 5.43. The molecule has 0 heterocycles. The van der Waals surface area contributed by atoms with Gasteiger partial charge in [0.1, 0.15) is 0 Å². The van der Waals surface area contributed by atoms with Crippen LogP contribution in [0.2, 0.25) is 0 Å². The molecule has 0 N–H and O–H groups in total. The normalized spacial score (nSPS) is 38.4. The van der Waals surface area contributed by atoms with Gasteiger partial charge in [-0.2, -0.15) is 5.26 Å². The van der Waals surface area contributed by atoms with Crippen molar-refractivity contribution in [3.05, 3.63) is 0 Å². The lowest BCUT2D eigenvalue weighted by molar-refractivity contribution is 0.126. The molecule has 92 valence electrons. The van der Waals surface area contributed by atoms with Crippen LogP contribution >= 0.6 is 0 Å². The number of hydrogen-bond acceptors (Lipinski definition) is 1. The van der Waals surface area contributed by atoms with Crippen LogP contribution in [0.3, 0.4) is 0 Å². The Balaban J connectivity index is 0.000000606. The Morgan fingerprint density at radius 2 is 1.56 bits per heavy atom. The fraction of sp³-hybridized carbons (Fsp3) is 0.933. The van der Waals surface area contributed by atoms with Gasteiger partial charge < -0.3 is 0 Å². The first kappa shape index (κ1) is 13.6. The summed E-state index contributed by atoms with van der Waals surface area (Å²) >= 11 is 0. The van der Waals surface area contributed by atoms with Crippen LogP contribution in [0.15, 0.2) is 0 Å². The van der Waals surface area contributed by atoms with Crippen molar-refractivity contribution in [2.45, 2.75) is 72.1 Å². The van der Waals surface area contributed by atoms with Crippen LogP contribution in [0.4, 0.5) is 0 Å². The fourth-order valence-electron chi connectivity index (χ4n) is 3.61. The molecule has 2 saturated carbocycles. The molecule has 0 aliphatic heterocycles. The molecule has 0 radical (unpaired) electrons. The van der Waals surface area contributed by atoms with E-state index >= 15 is 0 Å². The van der Waals surface area contributed by atoms with E-state index in [9.17, 15) is 5.26 Å². The second kappa shape index (κ2) is 6.28. The predicted molar refractivity (Wildman–Crippen MR) is 69.0 cm³/mol. The van der Waals surface area contributed by atoms with Gasteiger partial charge in [-0.3, -0.25) is 0 Å². The Bertz CT molecular complexity index is 240. The second-order valence-electron chi connectivity index (χ2n) is 5.43. The summed E-state index contributed by atoms with van der Waals surface area (Å²) in [5.74, 6) is 1.58. The van der Waals surface area contributed by atoms with Gasteiger partial charge in [0.2, 0.25) is 0 Å². The van der Waals surface area contributed by atoms with Gasteiger partial charge in [-0.1, -0.05) is 52.4 Å². The van der Waals surface area contributed by atoms with Crippen molar-refractivity contribution in [1.29, 1.82) is 5.26 Å². The minimum atomic E-state index is 0.00157. The molecule has 0 spiro atoms. The summed E-state index contributed by atoms with van der Waals surface area (Å²) < 4.78 is 0. The zero-order chi connectivity index (χ0) is 12.0. The van der Waals surface area contributed by atoms with Gasteiger partial charge in [-0.15, -0.1) is 0 Å². The molecule has 16 heavy (non-hydrogen) atoms. The highest BCUT2D eigenvalue weighted by Gasteiger charge is 2.41. The van der Waals surface area contributed by atoms with E-state index in [1.807, 2.05) is 13.8 Å². The Kier molecular flexibility index (Phi) is 5.32. The summed E-state index contributed by atoms with van der Waals surface area (Å²) in [6.07, 6.45) is 10.6. The molecule has 0 aromatic rings. The first-order chi connectivity index (χ1) is 7.76. The van der Waals surface area contributed by atoms with E-state index in [0.717, 1.165) is 12.3 Å². The number of hydrogen-bond donors (Lipinski definition) is 0. The third-order valence-electron chi connectivity index (χ3n) is 4.50. The highest BCUT2D eigenvalue weighted by atomic mass is 14.5. The molecule has 2 aliphatic carbocycles. The smallest absolute Gasteiger partial charge is 0.0689 e. The average molecular weight is 221 g/mol. The molecule has 1 heteroatoms. The molecular weight excluding hydrogens is 194 g/mol. The van der Waals surface area contributed by atoms with E-state index in [-0.39, 0.29) is 5.41 Å². The molecule has 3 atom stereocenters. The maximum absolute atomic E-state index is 9.36. The van der Waals surface area contributed by atoms with Gasteiger partial charge in [0.25, 0.3) is 0 Å². The molecular formula is C15H27N. The van der Waals surface area contributed by atoms with Crippen molar-refractivity contribution in [2.75, 3.05) is 0 Å². The molecule has 0 saturated heterocycles. The number of nitrogens with zero attached hydrogens (tertiary/aromatic N) is 1. The summed E-state index contributed by atoms with van der Waals surface area (Å²) in [7, 11) is 0. The Hall–Kier alpha value is -0.510. The van der Waals surface area contributed by atoms with Crippen LogP contribution in [0.1, 0.15) is 72.1 Å². The zero-order valence-electron chi connectivity index (χ0n) is 11.3. The molecule has 0 aromatic carbocycles. The van der Waals surface area contributed by atoms with Crippen LogP contribution in [-0.4, -0.2) is 0 Å². The van der Waals surface area contributed by atoms with Crippen LogP contribution in [-0.2, 0) is 0 Å². The summed E-state index contributed by atoms with van der Waals surface area (Å²) in [5, 5.41) is 9.36. The van der Waals surface area contributed by atoms with Gasteiger partial charge in [0.05, 0.1) is 11.5 Å². The van der Waals surface area contributed by atoms with Crippen LogP contribution < -0.4 is 0 Å². The maximum Gasteiger partial charge on any atom is 0.0689 e. The van der Waals surface area contributed by atoms with E-state index in [1.165, 1.54) is 44.9 Å². The summed E-state index contributed by atoms with van der Waals surface area (Å²) in [4.78, 5) is 0. The van der Waals surface area contributed by atoms with E-state index in [0.29, 0.717) is 5.92 Å². The number of fused-ring (bicyclic) bond motifs is 1. The van der Waals surface area contributed by atoms with Crippen molar-refractivity contribution in [1.82, 2.24) is 0 Å². The summed E-state index contributed by atoms with van der Waals surface area (Å²) in [6.45, 7) is 6.21. The topological polar surface area (TPSA) is 23.8 Å². The van der Waals surface area contributed by atoms with Gasteiger partial charge >= 0.3 is 0 Å². The Labute approximate surface area is 101 Å². The minimum absolute atomic E-state index is 0.00157. The van der Waals surface area contributed by atoms with E-state index in [4.69, 9.17) is 0 Å². The largest absolute Gasteiger partial charge is 0.198 e. The maximum atomic E-state index is 9.36. The van der Waals surface area contributed by atoms with E-state index < -0.39 is 0 Å². The van der Waals surface area contributed by atoms with Crippen molar-refractivity contribution in [2.24, 2.45) is 17.3 Å². The highest BCUT2D eigenvalue weighted by Crippen LogP contribution is 2.48. The summed E-state index contributed by atoms with van der Waals surface area (Å²) in [5.41, 5.74) is 0.00157. The molecule has 1 nitrogen and oxygen atoms in total. The Morgan fingerprint density at radius 3 is 2.19 bits per heavy atom. The molecule has 2 rings (SSSR count). The SMILES string of the molecule is CC.CC1(C#N)CCCCC2CCCCC21. The van der Waals surface area contributed by atoms with Crippen molar-refractivity contribution >= 4 is 0 Å². The monoisotopic (exact) mass is 221 g/mol. The number of rotatable bonds is 0. The predicted octanol–water partition coefficient (Wildman–Crippen LogP) is 4.92. The van der Waals surface area contributed by atoms with E-state index in [2.05, 4.69) is 13.0 Å². The quantitative estimate of drug-likeness (QED) is 0.569. The van der Waals surface area contributed by atoms with Crippen LogP contribution in [0.25, 0.3) is 0 Å². The lowest BCUT2D eigenvalue weighted by Crippen LogP contribution is -2.32. The lowest BCUT2D eigenvalue weighted by Gasteiger charge is -2.38. The van der Waals surface area contributed by atoms with Crippen molar-refractivity contribution < 1.29 is 0 Å². The lowest BCUT2D eigenvalue weighted by atomic mass is 9.64. The van der Waals surface area contributed by atoms with Gasteiger partial charge in [-0.25, -0.2) is 0 Å². The zero-order valence-corrected chi connectivity index (χ0v) is 11.3. The van der Waals surface area contributed by atoms with Crippen LogP contribution in [0.5, 0.6) is 0 Å². The fourth-order valence-corrected chi connectivity index (χ4v) is 3.61. The van der Waals surface area contributed by atoms with Gasteiger partial charge in [-0.05, 0) is 31.6 Å². The molecule has 0 bridgehead atoms. The minimum Gasteiger partial charge on any atom is -0.198 e. The molecule has 0 amide bonds. The van der Waals surface area contributed by atoms with E-state index in [1.54, 1.807) is 0 Å². The van der Waals surface area contributed by atoms with Gasteiger partial charge in [0.15, 0.2) is 0 Å². The third kappa shape index (κ3) is 2.78. The average Bonchev–Trinajstić information content (AvgIpc) is 2.53.